The zero-order valence-electron chi connectivity index (χ0n) is 13.4. The number of ketones is 1. The first-order valence-electron chi connectivity index (χ1n) is 7.35. The monoisotopic (exact) mass is 346 g/mol. The fraction of sp³-hybridized carbons (Fsp3) is 0.176. The van der Waals surface area contributed by atoms with Crippen LogP contribution in [-0.2, 0) is 10.0 Å². The summed E-state index contributed by atoms with van der Waals surface area (Å²) in [5.74, 6) is -0.479. The second kappa shape index (κ2) is 7.37. The molecule has 0 unspecified atom stereocenters. The fourth-order valence-corrected chi connectivity index (χ4v) is 3.12. The number of anilines is 1. The van der Waals surface area contributed by atoms with Crippen molar-refractivity contribution in [1.82, 2.24) is 4.72 Å². The first-order valence-corrected chi connectivity index (χ1v) is 8.84. The van der Waals surface area contributed by atoms with Crippen LogP contribution in [0.4, 0.5) is 5.69 Å². The predicted octanol–water partition coefficient (Wildman–Crippen LogP) is 2.44. The van der Waals surface area contributed by atoms with Gasteiger partial charge in [0.05, 0.1) is 4.90 Å². The Hall–Kier alpha value is -2.51. The quantitative estimate of drug-likeness (QED) is 0.786. The molecule has 1 amide bonds. The van der Waals surface area contributed by atoms with Crippen molar-refractivity contribution >= 4 is 27.4 Å². The van der Waals surface area contributed by atoms with Crippen molar-refractivity contribution in [3.05, 3.63) is 59.7 Å². The van der Waals surface area contributed by atoms with Crippen LogP contribution in [-0.4, -0.2) is 26.7 Å². The van der Waals surface area contributed by atoms with E-state index in [0.29, 0.717) is 16.8 Å². The number of rotatable bonds is 6. The lowest BCUT2D eigenvalue weighted by molar-refractivity contribution is 0.101. The normalized spacial score (nSPS) is 11.1. The Kier molecular flexibility index (Phi) is 5.48. The molecule has 0 aromatic heterocycles. The average molecular weight is 346 g/mol. The zero-order valence-corrected chi connectivity index (χ0v) is 14.2. The van der Waals surface area contributed by atoms with E-state index in [2.05, 4.69) is 10.0 Å². The molecule has 0 heterocycles. The predicted molar refractivity (Wildman–Crippen MR) is 91.7 cm³/mol. The van der Waals surface area contributed by atoms with Crippen molar-refractivity contribution in [3.8, 4) is 0 Å². The van der Waals surface area contributed by atoms with Crippen molar-refractivity contribution < 1.29 is 18.0 Å². The smallest absolute Gasteiger partial charge is 0.255 e. The van der Waals surface area contributed by atoms with E-state index in [9.17, 15) is 18.0 Å². The lowest BCUT2D eigenvalue weighted by Gasteiger charge is -2.08. The minimum atomic E-state index is -3.55. The summed E-state index contributed by atoms with van der Waals surface area (Å²) < 4.78 is 26.1. The van der Waals surface area contributed by atoms with Crippen LogP contribution >= 0.6 is 0 Å². The third kappa shape index (κ3) is 4.27. The lowest BCUT2D eigenvalue weighted by atomic mass is 10.1. The molecule has 0 aliphatic heterocycles. The van der Waals surface area contributed by atoms with Gasteiger partial charge in [-0.1, -0.05) is 19.1 Å². The number of carbonyl (C=O) groups excluding carboxylic acids is 2. The summed E-state index contributed by atoms with van der Waals surface area (Å²) >= 11 is 0. The Balaban J connectivity index is 2.16. The van der Waals surface area contributed by atoms with Gasteiger partial charge in [-0.25, -0.2) is 13.1 Å². The topological polar surface area (TPSA) is 92.3 Å². The molecule has 0 bridgehead atoms. The molecule has 6 nitrogen and oxygen atoms in total. The van der Waals surface area contributed by atoms with E-state index in [4.69, 9.17) is 0 Å². The molecule has 24 heavy (non-hydrogen) atoms. The van der Waals surface area contributed by atoms with E-state index in [1.54, 1.807) is 31.2 Å². The third-order valence-electron chi connectivity index (χ3n) is 3.29. The van der Waals surface area contributed by atoms with E-state index < -0.39 is 10.0 Å². The maximum absolute atomic E-state index is 12.2. The van der Waals surface area contributed by atoms with Crippen molar-refractivity contribution in [1.29, 1.82) is 0 Å². The van der Waals surface area contributed by atoms with Crippen LogP contribution in [0.3, 0.4) is 0 Å². The van der Waals surface area contributed by atoms with Crippen molar-refractivity contribution in [3.63, 3.8) is 0 Å². The molecule has 2 rings (SSSR count). The number of Topliss-reactive ketones (excluding diaryl/α,β-unsaturated/α-hetero) is 1. The molecule has 0 saturated heterocycles. The molecule has 0 radical (unpaired) electrons. The standard InChI is InChI=1S/C17H18N2O4S/c1-3-18-24(22,23)16-9-7-13(8-10-16)17(21)19-15-6-4-5-14(11-15)12(2)20/h4-11,18H,3H2,1-2H3,(H,19,21). The summed E-state index contributed by atoms with van der Waals surface area (Å²) in [5, 5.41) is 2.68. The van der Waals surface area contributed by atoms with Crippen LogP contribution in [0.2, 0.25) is 0 Å². The molecule has 2 N–H and O–H groups in total. The minimum absolute atomic E-state index is 0.0934. The van der Waals surface area contributed by atoms with E-state index in [1.165, 1.54) is 31.2 Å². The fourth-order valence-electron chi connectivity index (χ4n) is 2.08. The maximum Gasteiger partial charge on any atom is 0.255 e. The highest BCUT2D eigenvalue weighted by Gasteiger charge is 2.14. The first kappa shape index (κ1) is 17.8. The van der Waals surface area contributed by atoms with Crippen LogP contribution in [0.15, 0.2) is 53.4 Å². The Morgan fingerprint density at radius 1 is 1.00 bits per heavy atom. The second-order valence-electron chi connectivity index (χ2n) is 5.12. The summed E-state index contributed by atoms with van der Waals surface area (Å²) in [4.78, 5) is 23.7. The Morgan fingerprint density at radius 2 is 1.67 bits per heavy atom. The van der Waals surface area contributed by atoms with E-state index in [-0.39, 0.29) is 23.1 Å². The van der Waals surface area contributed by atoms with Crippen LogP contribution in [0.1, 0.15) is 34.6 Å². The number of amides is 1. The van der Waals surface area contributed by atoms with Crippen LogP contribution < -0.4 is 10.0 Å². The summed E-state index contributed by atoms with van der Waals surface area (Å²) in [5.41, 5.74) is 1.32. The molecule has 126 valence electrons. The van der Waals surface area contributed by atoms with E-state index in [1.807, 2.05) is 0 Å². The lowest BCUT2D eigenvalue weighted by Crippen LogP contribution is -2.23. The number of hydrogen-bond donors (Lipinski definition) is 2. The molecule has 0 fully saturated rings. The molecule has 2 aromatic rings. The van der Waals surface area contributed by atoms with Gasteiger partial charge < -0.3 is 5.32 Å². The first-order chi connectivity index (χ1) is 11.3. The molecule has 0 saturated carbocycles. The van der Waals surface area contributed by atoms with Gasteiger partial charge in [-0.3, -0.25) is 9.59 Å². The highest BCUT2D eigenvalue weighted by molar-refractivity contribution is 7.89. The molecular formula is C17H18N2O4S. The minimum Gasteiger partial charge on any atom is -0.322 e. The van der Waals surface area contributed by atoms with Gasteiger partial charge in [0.15, 0.2) is 5.78 Å². The Morgan fingerprint density at radius 3 is 2.25 bits per heavy atom. The summed E-state index contributed by atoms with van der Waals surface area (Å²) in [6.45, 7) is 3.43. The number of carbonyl (C=O) groups is 2. The van der Waals surface area contributed by atoms with Gasteiger partial charge in [0, 0.05) is 23.4 Å². The van der Waals surface area contributed by atoms with Gasteiger partial charge in [-0.15, -0.1) is 0 Å². The van der Waals surface area contributed by atoms with Crippen molar-refractivity contribution in [2.24, 2.45) is 0 Å². The van der Waals surface area contributed by atoms with E-state index in [0.717, 1.165) is 0 Å². The number of benzene rings is 2. The van der Waals surface area contributed by atoms with Crippen LogP contribution in [0, 0.1) is 0 Å². The van der Waals surface area contributed by atoms with Gasteiger partial charge in [-0.2, -0.15) is 0 Å². The summed E-state index contributed by atoms with van der Waals surface area (Å²) in [6, 6.07) is 12.2. The van der Waals surface area contributed by atoms with Crippen LogP contribution in [0.25, 0.3) is 0 Å². The van der Waals surface area contributed by atoms with Gasteiger partial charge >= 0.3 is 0 Å². The van der Waals surface area contributed by atoms with Crippen molar-refractivity contribution in [2.75, 3.05) is 11.9 Å². The summed E-state index contributed by atoms with van der Waals surface area (Å²) in [7, 11) is -3.55. The maximum atomic E-state index is 12.2. The number of hydrogen-bond acceptors (Lipinski definition) is 4. The van der Waals surface area contributed by atoms with E-state index >= 15 is 0 Å². The molecule has 0 spiro atoms. The van der Waals surface area contributed by atoms with Gasteiger partial charge in [-0.05, 0) is 43.3 Å². The van der Waals surface area contributed by atoms with Crippen LogP contribution in [0.5, 0.6) is 0 Å². The van der Waals surface area contributed by atoms with Crippen molar-refractivity contribution in [2.45, 2.75) is 18.7 Å². The molecule has 7 heteroatoms. The number of nitrogens with one attached hydrogen (secondary N) is 2. The second-order valence-corrected chi connectivity index (χ2v) is 6.88. The molecule has 0 aliphatic carbocycles. The SMILES string of the molecule is CCNS(=O)(=O)c1ccc(C(=O)Nc2cccc(C(C)=O)c2)cc1. The summed E-state index contributed by atoms with van der Waals surface area (Å²) in [6.07, 6.45) is 0. The average Bonchev–Trinajstić information content (AvgIpc) is 2.55. The largest absolute Gasteiger partial charge is 0.322 e. The third-order valence-corrected chi connectivity index (χ3v) is 4.85. The highest BCUT2D eigenvalue weighted by atomic mass is 32.2. The number of sulfonamides is 1. The molecular weight excluding hydrogens is 328 g/mol. The Bertz CT molecular complexity index is 858. The highest BCUT2D eigenvalue weighted by Crippen LogP contribution is 2.15. The van der Waals surface area contributed by atoms with Gasteiger partial charge in [0.25, 0.3) is 5.91 Å². The Labute approximate surface area is 140 Å². The molecule has 2 aromatic carbocycles. The van der Waals surface area contributed by atoms with Gasteiger partial charge in [0.1, 0.15) is 0 Å². The molecule has 0 atom stereocenters. The molecule has 0 aliphatic rings. The van der Waals surface area contributed by atoms with Gasteiger partial charge in [0.2, 0.25) is 10.0 Å². The zero-order chi connectivity index (χ0) is 17.7.